The Hall–Kier alpha value is -1.82. The van der Waals surface area contributed by atoms with Crippen LogP contribution in [0.3, 0.4) is 0 Å². The van der Waals surface area contributed by atoms with Gasteiger partial charge in [-0.25, -0.2) is 0 Å². The van der Waals surface area contributed by atoms with Crippen molar-refractivity contribution in [1.82, 2.24) is 0 Å². The Balaban J connectivity index is 3.38. The van der Waals surface area contributed by atoms with Crippen LogP contribution in [0.1, 0.15) is 36.1 Å². The first kappa shape index (κ1) is 12.3. The Morgan fingerprint density at radius 3 is 2.31 bits per heavy atom. The van der Waals surface area contributed by atoms with E-state index in [-0.39, 0.29) is 6.42 Å². The monoisotopic (exact) mass is 217 g/mol. The van der Waals surface area contributed by atoms with Crippen LogP contribution in [-0.2, 0) is 24.1 Å². The molecule has 1 aromatic carbocycles. The van der Waals surface area contributed by atoms with Gasteiger partial charge < -0.3 is 5.11 Å². The van der Waals surface area contributed by atoms with Gasteiger partial charge in [0.15, 0.2) is 0 Å². The summed E-state index contributed by atoms with van der Waals surface area (Å²) in [6.45, 7) is 3.93. The van der Waals surface area contributed by atoms with Gasteiger partial charge in [-0.05, 0) is 29.5 Å². The number of aryl methyl sites for hydroxylation is 2. The summed E-state index contributed by atoms with van der Waals surface area (Å²) in [6, 6.07) is 5.98. The van der Waals surface area contributed by atoms with Gasteiger partial charge in [-0.2, -0.15) is 5.26 Å². The molecule has 0 saturated carbocycles. The van der Waals surface area contributed by atoms with Crippen LogP contribution < -0.4 is 0 Å². The minimum Gasteiger partial charge on any atom is -0.481 e. The smallest absolute Gasteiger partial charge is 0.307 e. The highest BCUT2D eigenvalue weighted by atomic mass is 16.4. The molecule has 1 rings (SSSR count). The van der Waals surface area contributed by atoms with Crippen molar-refractivity contribution in [3.05, 3.63) is 34.4 Å². The fourth-order valence-corrected chi connectivity index (χ4v) is 1.86. The third-order valence-corrected chi connectivity index (χ3v) is 2.70. The van der Waals surface area contributed by atoms with Gasteiger partial charge in [-0.1, -0.05) is 26.0 Å². The molecular weight excluding hydrogens is 202 g/mol. The third kappa shape index (κ3) is 2.40. The molecule has 84 valence electrons. The molecule has 1 N–H and O–H groups in total. The van der Waals surface area contributed by atoms with Crippen molar-refractivity contribution in [2.45, 2.75) is 33.1 Å². The van der Waals surface area contributed by atoms with Crippen LogP contribution in [0.4, 0.5) is 0 Å². The number of hydrogen-bond acceptors (Lipinski definition) is 2. The average molecular weight is 217 g/mol. The van der Waals surface area contributed by atoms with E-state index in [0.29, 0.717) is 11.1 Å². The number of carbonyl (C=O) groups is 1. The zero-order valence-corrected chi connectivity index (χ0v) is 9.58. The highest BCUT2D eigenvalue weighted by molar-refractivity contribution is 5.72. The van der Waals surface area contributed by atoms with Gasteiger partial charge in [0.2, 0.25) is 0 Å². The minimum atomic E-state index is -0.889. The molecule has 3 heteroatoms. The van der Waals surface area contributed by atoms with E-state index in [4.69, 9.17) is 10.4 Å². The molecule has 0 unspecified atom stereocenters. The van der Waals surface area contributed by atoms with E-state index in [1.165, 1.54) is 0 Å². The lowest BCUT2D eigenvalue weighted by molar-refractivity contribution is -0.136. The quantitative estimate of drug-likeness (QED) is 0.841. The maximum absolute atomic E-state index is 10.8. The number of nitrogens with zero attached hydrogens (tertiary/aromatic N) is 1. The maximum Gasteiger partial charge on any atom is 0.307 e. The zero-order chi connectivity index (χ0) is 12.1. The van der Waals surface area contributed by atoms with E-state index in [1.54, 1.807) is 0 Å². The number of aliphatic carboxylic acids is 1. The Kier molecular flexibility index (Phi) is 4.07. The summed E-state index contributed by atoms with van der Waals surface area (Å²) in [4.78, 5) is 10.8. The fourth-order valence-electron chi connectivity index (χ4n) is 1.86. The molecule has 0 aliphatic carbocycles. The van der Waals surface area contributed by atoms with Crippen molar-refractivity contribution in [1.29, 1.82) is 5.26 Å². The predicted octanol–water partition coefficient (Wildman–Crippen LogP) is 2.31. The van der Waals surface area contributed by atoms with E-state index in [1.807, 2.05) is 26.0 Å². The highest BCUT2D eigenvalue weighted by Crippen LogP contribution is 2.20. The van der Waals surface area contributed by atoms with Gasteiger partial charge >= 0.3 is 5.97 Å². The Labute approximate surface area is 95.3 Å². The summed E-state index contributed by atoms with van der Waals surface area (Å²) >= 11 is 0. The first-order valence-electron chi connectivity index (χ1n) is 5.39. The molecular formula is C13H15NO2. The summed E-state index contributed by atoms with van der Waals surface area (Å²) in [5.41, 5.74) is 3.10. The second kappa shape index (κ2) is 5.32. The molecule has 0 radical (unpaired) electrons. The average Bonchev–Trinajstić information content (AvgIpc) is 2.27. The van der Waals surface area contributed by atoms with Crippen LogP contribution in [-0.4, -0.2) is 11.1 Å². The first-order valence-corrected chi connectivity index (χ1v) is 5.39. The van der Waals surface area contributed by atoms with Crippen LogP contribution in [0.5, 0.6) is 0 Å². The Morgan fingerprint density at radius 2 is 1.88 bits per heavy atom. The van der Waals surface area contributed by atoms with Gasteiger partial charge in [0.05, 0.1) is 18.1 Å². The van der Waals surface area contributed by atoms with E-state index in [2.05, 4.69) is 6.07 Å². The molecule has 0 bridgehead atoms. The second-order valence-corrected chi connectivity index (χ2v) is 3.63. The Bertz CT molecular complexity index is 444. The van der Waals surface area contributed by atoms with Gasteiger partial charge in [0.25, 0.3) is 0 Å². The van der Waals surface area contributed by atoms with E-state index < -0.39 is 5.97 Å². The molecule has 0 aliphatic rings. The van der Waals surface area contributed by atoms with Gasteiger partial charge in [-0.3, -0.25) is 4.79 Å². The van der Waals surface area contributed by atoms with E-state index in [0.717, 1.165) is 24.0 Å². The topological polar surface area (TPSA) is 61.1 Å². The molecule has 0 atom stereocenters. The number of benzene rings is 1. The van der Waals surface area contributed by atoms with Crippen molar-refractivity contribution < 1.29 is 9.90 Å². The zero-order valence-electron chi connectivity index (χ0n) is 9.58. The number of hydrogen-bond donors (Lipinski definition) is 1. The molecule has 0 aliphatic heterocycles. The van der Waals surface area contributed by atoms with Crippen LogP contribution in [0.2, 0.25) is 0 Å². The molecule has 0 aromatic heterocycles. The molecule has 16 heavy (non-hydrogen) atoms. The second-order valence-electron chi connectivity index (χ2n) is 3.63. The summed E-state index contributed by atoms with van der Waals surface area (Å²) < 4.78 is 0. The predicted molar refractivity (Wildman–Crippen MR) is 61.3 cm³/mol. The molecule has 0 amide bonds. The van der Waals surface area contributed by atoms with Crippen LogP contribution >= 0.6 is 0 Å². The lowest BCUT2D eigenvalue weighted by Gasteiger charge is -2.11. The molecule has 0 spiro atoms. The van der Waals surface area contributed by atoms with Crippen LogP contribution in [0.25, 0.3) is 0 Å². The fraction of sp³-hybridized carbons (Fsp3) is 0.385. The number of carboxylic acids is 1. The molecule has 1 aromatic rings. The van der Waals surface area contributed by atoms with Crippen molar-refractivity contribution in [3.8, 4) is 6.07 Å². The minimum absolute atomic E-state index is 0.0695. The molecule has 0 fully saturated rings. The molecule has 3 nitrogen and oxygen atoms in total. The summed E-state index contributed by atoms with van der Waals surface area (Å²) in [7, 11) is 0. The lowest BCUT2D eigenvalue weighted by atomic mass is 9.92. The summed E-state index contributed by atoms with van der Waals surface area (Å²) in [5, 5.41) is 18.0. The standard InChI is InChI=1S/C13H15NO2/c1-3-9-5-6-10(4-2)12(8-14)11(9)7-13(15)16/h5-6H,3-4,7H2,1-2H3,(H,15,16). The van der Waals surface area contributed by atoms with Crippen LogP contribution in [0, 0.1) is 11.3 Å². The summed E-state index contributed by atoms with van der Waals surface area (Å²) in [5.74, 6) is -0.889. The van der Waals surface area contributed by atoms with E-state index >= 15 is 0 Å². The number of nitriles is 1. The lowest BCUT2D eigenvalue weighted by Crippen LogP contribution is -2.07. The molecule has 0 heterocycles. The van der Waals surface area contributed by atoms with Gasteiger partial charge in [-0.15, -0.1) is 0 Å². The largest absolute Gasteiger partial charge is 0.481 e. The van der Waals surface area contributed by atoms with Crippen molar-refractivity contribution in [2.24, 2.45) is 0 Å². The Morgan fingerprint density at radius 1 is 1.31 bits per heavy atom. The van der Waals surface area contributed by atoms with Gasteiger partial charge in [0, 0.05) is 0 Å². The van der Waals surface area contributed by atoms with E-state index in [9.17, 15) is 4.79 Å². The first-order chi connectivity index (χ1) is 7.63. The maximum atomic E-state index is 10.8. The van der Waals surface area contributed by atoms with Crippen molar-refractivity contribution >= 4 is 5.97 Å². The number of carboxylic acid groups (broad SMARTS) is 1. The number of rotatable bonds is 4. The van der Waals surface area contributed by atoms with Gasteiger partial charge in [0.1, 0.15) is 0 Å². The normalized spacial score (nSPS) is 9.81. The summed E-state index contributed by atoms with van der Waals surface area (Å²) in [6.07, 6.45) is 1.43. The third-order valence-electron chi connectivity index (χ3n) is 2.70. The SMILES string of the molecule is CCc1ccc(CC)c(CC(=O)O)c1C#N. The molecule has 0 saturated heterocycles. The van der Waals surface area contributed by atoms with Crippen molar-refractivity contribution in [3.63, 3.8) is 0 Å². The highest BCUT2D eigenvalue weighted by Gasteiger charge is 2.14. The van der Waals surface area contributed by atoms with Crippen molar-refractivity contribution in [2.75, 3.05) is 0 Å². The van der Waals surface area contributed by atoms with Crippen LogP contribution in [0.15, 0.2) is 12.1 Å².